The molecule has 88 valence electrons. The maximum absolute atomic E-state index is 11.8. The summed E-state index contributed by atoms with van der Waals surface area (Å²) >= 11 is 4.82. The van der Waals surface area contributed by atoms with Gasteiger partial charge in [0.05, 0.1) is 8.66 Å². The van der Waals surface area contributed by atoms with Gasteiger partial charge in [0, 0.05) is 12.6 Å². The van der Waals surface area contributed by atoms with Gasteiger partial charge in [-0.05, 0) is 47.4 Å². The number of carbonyl (C=O) groups is 1. The number of halogens is 1. The normalized spacial score (nSPS) is 20.7. The third kappa shape index (κ3) is 3.30. The van der Waals surface area contributed by atoms with Crippen molar-refractivity contribution in [3.63, 3.8) is 0 Å². The molecule has 2 rings (SSSR count). The molecule has 1 aromatic rings. The number of rotatable bonds is 3. The van der Waals surface area contributed by atoms with E-state index in [1.54, 1.807) is 0 Å². The van der Waals surface area contributed by atoms with Crippen molar-refractivity contribution in [1.82, 2.24) is 10.6 Å². The molecule has 5 heteroatoms. The van der Waals surface area contributed by atoms with Crippen LogP contribution < -0.4 is 10.6 Å². The summed E-state index contributed by atoms with van der Waals surface area (Å²) in [5.41, 5.74) is 0. The Morgan fingerprint density at radius 3 is 3.06 bits per heavy atom. The van der Waals surface area contributed by atoms with Crippen molar-refractivity contribution in [2.45, 2.75) is 25.3 Å². The molecule has 16 heavy (non-hydrogen) atoms. The van der Waals surface area contributed by atoms with Crippen LogP contribution in [0.3, 0.4) is 0 Å². The summed E-state index contributed by atoms with van der Waals surface area (Å²) in [4.78, 5) is 12.5. The lowest BCUT2D eigenvalue weighted by Gasteiger charge is -2.23. The first-order valence-electron chi connectivity index (χ1n) is 5.52. The quantitative estimate of drug-likeness (QED) is 0.900. The van der Waals surface area contributed by atoms with E-state index in [0.717, 1.165) is 28.2 Å². The minimum atomic E-state index is 0.0306. The van der Waals surface area contributed by atoms with Crippen molar-refractivity contribution >= 4 is 33.2 Å². The van der Waals surface area contributed by atoms with E-state index < -0.39 is 0 Å². The maximum Gasteiger partial charge on any atom is 0.261 e. The van der Waals surface area contributed by atoms with Crippen LogP contribution in [0.5, 0.6) is 0 Å². The summed E-state index contributed by atoms with van der Waals surface area (Å²) in [5.74, 6) is 0.0306. The van der Waals surface area contributed by atoms with Crippen molar-refractivity contribution in [2.24, 2.45) is 0 Å². The molecule has 2 N–H and O–H groups in total. The summed E-state index contributed by atoms with van der Waals surface area (Å²) in [6.07, 6.45) is 3.68. The van der Waals surface area contributed by atoms with E-state index in [-0.39, 0.29) is 5.91 Å². The SMILES string of the molecule is O=C(NCC1CCCCN1)c1ccc(Br)s1. The molecule has 3 nitrogen and oxygen atoms in total. The Kier molecular flexibility index (Phi) is 4.37. The van der Waals surface area contributed by atoms with E-state index in [1.165, 1.54) is 24.2 Å². The van der Waals surface area contributed by atoms with E-state index in [4.69, 9.17) is 0 Å². The van der Waals surface area contributed by atoms with Gasteiger partial charge in [-0.25, -0.2) is 0 Å². The van der Waals surface area contributed by atoms with Crippen LogP contribution in [0.25, 0.3) is 0 Å². The number of thiophene rings is 1. The zero-order valence-corrected chi connectivity index (χ0v) is 11.4. The van der Waals surface area contributed by atoms with Gasteiger partial charge in [0.1, 0.15) is 0 Å². The highest BCUT2D eigenvalue weighted by atomic mass is 79.9. The molecule has 1 unspecified atom stereocenters. The molecule has 0 bridgehead atoms. The Balaban J connectivity index is 1.79. The molecule has 0 aliphatic carbocycles. The zero-order chi connectivity index (χ0) is 11.4. The number of nitrogens with one attached hydrogen (secondary N) is 2. The number of carbonyl (C=O) groups excluding carboxylic acids is 1. The second-order valence-corrected chi connectivity index (χ2v) is 6.42. The molecule has 0 saturated carbocycles. The molecule has 2 heterocycles. The van der Waals surface area contributed by atoms with E-state index in [2.05, 4.69) is 26.6 Å². The molecule has 1 saturated heterocycles. The van der Waals surface area contributed by atoms with Crippen molar-refractivity contribution in [3.05, 3.63) is 20.8 Å². The monoisotopic (exact) mass is 302 g/mol. The van der Waals surface area contributed by atoms with Crippen LogP contribution in [0, 0.1) is 0 Å². The smallest absolute Gasteiger partial charge is 0.261 e. The highest BCUT2D eigenvalue weighted by Crippen LogP contribution is 2.21. The lowest BCUT2D eigenvalue weighted by Crippen LogP contribution is -2.43. The summed E-state index contributed by atoms with van der Waals surface area (Å²) < 4.78 is 0.994. The van der Waals surface area contributed by atoms with E-state index in [9.17, 15) is 4.79 Å². The van der Waals surface area contributed by atoms with E-state index in [1.807, 2.05) is 12.1 Å². The van der Waals surface area contributed by atoms with Gasteiger partial charge in [-0.1, -0.05) is 6.42 Å². The van der Waals surface area contributed by atoms with Gasteiger partial charge in [0.2, 0.25) is 0 Å². The minimum Gasteiger partial charge on any atom is -0.350 e. The Labute approximate surface area is 108 Å². The first-order valence-corrected chi connectivity index (χ1v) is 7.13. The molecule has 1 atom stereocenters. The van der Waals surface area contributed by atoms with Crippen molar-refractivity contribution in [2.75, 3.05) is 13.1 Å². The number of hydrogen-bond acceptors (Lipinski definition) is 3. The third-order valence-corrected chi connectivity index (χ3v) is 4.34. The van der Waals surface area contributed by atoms with Crippen molar-refractivity contribution in [3.8, 4) is 0 Å². The Morgan fingerprint density at radius 1 is 1.56 bits per heavy atom. The fourth-order valence-electron chi connectivity index (χ4n) is 1.84. The van der Waals surface area contributed by atoms with Crippen molar-refractivity contribution < 1.29 is 4.79 Å². The maximum atomic E-state index is 11.8. The lowest BCUT2D eigenvalue weighted by atomic mass is 10.1. The van der Waals surface area contributed by atoms with Gasteiger partial charge < -0.3 is 10.6 Å². The van der Waals surface area contributed by atoms with Crippen LogP contribution in [-0.2, 0) is 0 Å². The summed E-state index contributed by atoms with van der Waals surface area (Å²) in [5, 5.41) is 6.38. The van der Waals surface area contributed by atoms with E-state index in [0.29, 0.717) is 6.04 Å². The fourth-order valence-corrected chi connectivity index (χ4v) is 3.14. The fraction of sp³-hybridized carbons (Fsp3) is 0.545. The highest BCUT2D eigenvalue weighted by Gasteiger charge is 2.14. The van der Waals surface area contributed by atoms with Gasteiger partial charge >= 0.3 is 0 Å². The summed E-state index contributed by atoms with van der Waals surface area (Å²) in [6.45, 7) is 1.80. The first kappa shape index (κ1) is 12.1. The molecule has 1 fully saturated rings. The van der Waals surface area contributed by atoms with Gasteiger partial charge in [-0.3, -0.25) is 4.79 Å². The standard InChI is InChI=1S/C11H15BrN2OS/c12-10-5-4-9(16-10)11(15)14-7-8-3-1-2-6-13-8/h4-5,8,13H,1-3,6-7H2,(H,14,15). The molecule has 1 aromatic heterocycles. The molecule has 0 aromatic carbocycles. The molecule has 1 amide bonds. The highest BCUT2D eigenvalue weighted by molar-refractivity contribution is 9.11. The van der Waals surface area contributed by atoms with Crippen LogP contribution in [0.15, 0.2) is 15.9 Å². The second kappa shape index (κ2) is 5.80. The van der Waals surface area contributed by atoms with E-state index >= 15 is 0 Å². The zero-order valence-electron chi connectivity index (χ0n) is 8.96. The number of amides is 1. The lowest BCUT2D eigenvalue weighted by molar-refractivity contribution is 0.0952. The molecular formula is C11H15BrN2OS. The molecular weight excluding hydrogens is 288 g/mol. The van der Waals surface area contributed by atoms with Crippen molar-refractivity contribution in [1.29, 1.82) is 0 Å². The van der Waals surface area contributed by atoms with Gasteiger partial charge in [-0.2, -0.15) is 0 Å². The van der Waals surface area contributed by atoms with Crippen LogP contribution in [0.2, 0.25) is 0 Å². The predicted octanol–water partition coefficient (Wildman–Crippen LogP) is 2.38. The molecule has 0 spiro atoms. The first-order chi connectivity index (χ1) is 7.75. The van der Waals surface area contributed by atoms with Gasteiger partial charge in [0.15, 0.2) is 0 Å². The summed E-state index contributed by atoms with van der Waals surface area (Å²) in [6, 6.07) is 4.19. The number of hydrogen-bond donors (Lipinski definition) is 2. The van der Waals surface area contributed by atoms with Crippen LogP contribution in [0.1, 0.15) is 28.9 Å². The molecule has 1 aliphatic rings. The third-order valence-electron chi connectivity index (χ3n) is 2.72. The number of piperidine rings is 1. The Hall–Kier alpha value is -0.390. The van der Waals surface area contributed by atoms with Gasteiger partial charge in [-0.15, -0.1) is 11.3 Å². The topological polar surface area (TPSA) is 41.1 Å². The molecule has 0 radical (unpaired) electrons. The van der Waals surface area contributed by atoms with Crippen LogP contribution >= 0.6 is 27.3 Å². The Bertz CT molecular complexity index is 361. The minimum absolute atomic E-state index is 0.0306. The largest absolute Gasteiger partial charge is 0.350 e. The second-order valence-electron chi connectivity index (χ2n) is 3.96. The average molecular weight is 303 g/mol. The molecule has 1 aliphatic heterocycles. The van der Waals surface area contributed by atoms with Crippen LogP contribution in [-0.4, -0.2) is 25.0 Å². The van der Waals surface area contributed by atoms with Crippen LogP contribution in [0.4, 0.5) is 0 Å². The van der Waals surface area contributed by atoms with Gasteiger partial charge in [0.25, 0.3) is 5.91 Å². The predicted molar refractivity (Wildman–Crippen MR) is 70.0 cm³/mol. The Morgan fingerprint density at radius 2 is 2.44 bits per heavy atom. The average Bonchev–Trinajstić information content (AvgIpc) is 2.74. The summed E-state index contributed by atoms with van der Waals surface area (Å²) in [7, 11) is 0.